The first kappa shape index (κ1) is 16.9. The van der Waals surface area contributed by atoms with Crippen molar-refractivity contribution in [3.05, 3.63) is 0 Å². The highest BCUT2D eigenvalue weighted by atomic mass is 16.5. The molecule has 1 N–H and O–H groups in total. The maximum Gasteiger partial charge on any atom is 0.306 e. The van der Waals surface area contributed by atoms with Gasteiger partial charge in [0.05, 0.1) is 6.61 Å². The van der Waals surface area contributed by atoms with Gasteiger partial charge < -0.3 is 10.1 Å². The molecule has 1 saturated carbocycles. The lowest BCUT2D eigenvalue weighted by molar-refractivity contribution is -0.144. The average Bonchev–Trinajstić information content (AvgIpc) is 2.34. The summed E-state index contributed by atoms with van der Waals surface area (Å²) in [5.74, 6) is 0.378. The van der Waals surface area contributed by atoms with E-state index in [1.165, 1.54) is 0 Å². The molecular weight excluding hydrogens is 230 g/mol. The molecule has 0 bridgehead atoms. The highest BCUT2D eigenvalue weighted by Crippen LogP contribution is 2.27. The van der Waals surface area contributed by atoms with E-state index < -0.39 is 0 Å². The van der Waals surface area contributed by atoms with Crippen molar-refractivity contribution in [3.63, 3.8) is 0 Å². The number of hydrogen-bond donors (Lipinski definition) is 1. The second-order valence-corrected chi connectivity index (χ2v) is 4.43. The van der Waals surface area contributed by atoms with Crippen LogP contribution in [-0.4, -0.2) is 24.5 Å². The van der Waals surface area contributed by atoms with Crippen molar-refractivity contribution in [2.45, 2.75) is 65.8 Å². The molecule has 0 heterocycles. The molecule has 1 amide bonds. The van der Waals surface area contributed by atoms with Crippen molar-refractivity contribution < 1.29 is 14.3 Å². The van der Waals surface area contributed by atoms with E-state index in [4.69, 9.17) is 4.74 Å². The Kier molecular flexibility index (Phi) is 9.33. The molecule has 106 valence electrons. The first-order valence-corrected chi connectivity index (χ1v) is 7.04. The lowest BCUT2D eigenvalue weighted by atomic mass is 9.84. The molecule has 0 radical (unpaired) electrons. The minimum atomic E-state index is -0.0922. The molecule has 0 atom stereocenters. The second-order valence-electron chi connectivity index (χ2n) is 4.43. The van der Waals surface area contributed by atoms with Crippen molar-refractivity contribution in [1.82, 2.24) is 5.32 Å². The summed E-state index contributed by atoms with van der Waals surface area (Å²) in [6.45, 7) is 7.83. The molecule has 0 aromatic heterocycles. The quantitative estimate of drug-likeness (QED) is 0.788. The van der Waals surface area contributed by atoms with Crippen molar-refractivity contribution >= 4 is 11.9 Å². The Labute approximate surface area is 110 Å². The highest BCUT2D eigenvalue weighted by Gasteiger charge is 2.23. The molecule has 0 aliphatic heterocycles. The second kappa shape index (κ2) is 9.92. The van der Waals surface area contributed by atoms with Gasteiger partial charge >= 0.3 is 5.97 Å². The molecule has 1 aliphatic rings. The summed E-state index contributed by atoms with van der Waals surface area (Å²) in [6, 6.07) is 0.302. The lowest BCUT2D eigenvalue weighted by Gasteiger charge is -2.28. The first-order chi connectivity index (χ1) is 8.61. The number of carbonyl (C=O) groups excluding carboxylic acids is 2. The van der Waals surface area contributed by atoms with Gasteiger partial charge in [-0.1, -0.05) is 13.8 Å². The van der Waals surface area contributed by atoms with Gasteiger partial charge in [0.25, 0.3) is 0 Å². The van der Waals surface area contributed by atoms with E-state index in [0.29, 0.717) is 25.0 Å². The van der Waals surface area contributed by atoms with E-state index in [1.54, 1.807) is 6.92 Å². The number of carbonyl (C=O) groups is 2. The van der Waals surface area contributed by atoms with Crippen LogP contribution in [-0.2, 0) is 14.3 Å². The van der Waals surface area contributed by atoms with Gasteiger partial charge in [-0.3, -0.25) is 9.59 Å². The van der Waals surface area contributed by atoms with E-state index in [2.05, 4.69) is 5.32 Å². The van der Waals surface area contributed by atoms with E-state index in [0.717, 1.165) is 25.7 Å². The van der Waals surface area contributed by atoms with Crippen molar-refractivity contribution in [2.24, 2.45) is 5.92 Å². The summed E-state index contributed by atoms with van der Waals surface area (Å²) in [5, 5.41) is 2.93. The Morgan fingerprint density at radius 1 is 1.17 bits per heavy atom. The van der Waals surface area contributed by atoms with Gasteiger partial charge in [-0.15, -0.1) is 0 Å². The summed E-state index contributed by atoms with van der Waals surface area (Å²) in [6.07, 6.45) is 4.49. The third-order valence-corrected chi connectivity index (χ3v) is 3.01. The number of hydrogen-bond acceptors (Lipinski definition) is 3. The zero-order valence-corrected chi connectivity index (χ0v) is 12.1. The Morgan fingerprint density at radius 2 is 1.72 bits per heavy atom. The Bertz CT molecular complexity index is 245. The van der Waals surface area contributed by atoms with Gasteiger partial charge in [0.1, 0.15) is 0 Å². The maximum absolute atomic E-state index is 11.3. The summed E-state index contributed by atoms with van der Waals surface area (Å²) in [5.41, 5.74) is 0. The molecule has 4 heteroatoms. The highest BCUT2D eigenvalue weighted by molar-refractivity contribution is 5.73. The summed E-state index contributed by atoms with van der Waals surface area (Å²) < 4.78 is 4.93. The molecule has 1 aliphatic carbocycles. The van der Waals surface area contributed by atoms with Gasteiger partial charge in [0.2, 0.25) is 5.91 Å². The van der Waals surface area contributed by atoms with Crippen LogP contribution in [0, 0.1) is 5.92 Å². The minimum Gasteiger partial charge on any atom is -0.466 e. The topological polar surface area (TPSA) is 55.4 Å². The zero-order valence-electron chi connectivity index (χ0n) is 12.1. The Hall–Kier alpha value is -1.06. The first-order valence-electron chi connectivity index (χ1n) is 7.04. The molecule has 18 heavy (non-hydrogen) atoms. The minimum absolute atomic E-state index is 0.0360. The van der Waals surface area contributed by atoms with Gasteiger partial charge in [-0.25, -0.2) is 0 Å². The van der Waals surface area contributed by atoms with Crippen LogP contribution >= 0.6 is 0 Å². The molecule has 1 rings (SSSR count). The van der Waals surface area contributed by atoms with Crippen LogP contribution in [0.1, 0.15) is 59.8 Å². The molecule has 0 saturated heterocycles. The third kappa shape index (κ3) is 7.30. The van der Waals surface area contributed by atoms with Gasteiger partial charge in [0.15, 0.2) is 0 Å². The molecule has 0 spiro atoms. The van der Waals surface area contributed by atoms with Crippen LogP contribution in [0.5, 0.6) is 0 Å². The fraction of sp³-hybridized carbons (Fsp3) is 0.857. The lowest BCUT2D eigenvalue weighted by Crippen LogP contribution is -2.36. The smallest absolute Gasteiger partial charge is 0.306 e. The predicted molar refractivity (Wildman–Crippen MR) is 72.2 cm³/mol. The van der Waals surface area contributed by atoms with Gasteiger partial charge in [-0.05, 0) is 38.5 Å². The van der Waals surface area contributed by atoms with E-state index in [9.17, 15) is 9.59 Å². The van der Waals surface area contributed by atoms with Crippen molar-refractivity contribution in [3.8, 4) is 0 Å². The van der Waals surface area contributed by atoms with Crippen LogP contribution in [0.2, 0.25) is 0 Å². The normalized spacial score (nSPS) is 22.4. The number of rotatable bonds is 4. The van der Waals surface area contributed by atoms with Crippen LogP contribution in [0.3, 0.4) is 0 Å². The van der Waals surface area contributed by atoms with E-state index in [-0.39, 0.29) is 11.9 Å². The van der Waals surface area contributed by atoms with Crippen molar-refractivity contribution in [2.75, 3.05) is 6.61 Å². The van der Waals surface area contributed by atoms with E-state index in [1.807, 2.05) is 20.8 Å². The van der Waals surface area contributed by atoms with Gasteiger partial charge in [-0.2, -0.15) is 0 Å². The van der Waals surface area contributed by atoms with Crippen LogP contribution in [0.25, 0.3) is 0 Å². The van der Waals surface area contributed by atoms with Gasteiger partial charge in [0, 0.05) is 19.4 Å². The maximum atomic E-state index is 11.3. The fourth-order valence-corrected chi connectivity index (χ4v) is 2.25. The average molecular weight is 257 g/mol. The van der Waals surface area contributed by atoms with Crippen LogP contribution in [0.4, 0.5) is 0 Å². The standard InChI is InChI=1S/C12H21NO3.C2H6/c1-3-16-12(15)8-10-4-6-11(7-5-10)13-9(2)14;1-2/h10-11H,3-8H2,1-2H3,(H,13,14);1-2H3. The van der Waals surface area contributed by atoms with E-state index >= 15 is 0 Å². The predicted octanol–water partition coefficient (Wildman–Crippen LogP) is 2.66. The zero-order chi connectivity index (χ0) is 14.0. The molecule has 0 aromatic rings. The Balaban J connectivity index is 0.00000137. The largest absolute Gasteiger partial charge is 0.466 e. The Morgan fingerprint density at radius 3 is 2.17 bits per heavy atom. The number of ether oxygens (including phenoxy) is 1. The molecule has 4 nitrogen and oxygen atoms in total. The number of esters is 1. The molecule has 1 fully saturated rings. The fourth-order valence-electron chi connectivity index (χ4n) is 2.25. The number of nitrogens with one attached hydrogen (secondary N) is 1. The monoisotopic (exact) mass is 257 g/mol. The molecular formula is C14H27NO3. The summed E-state index contributed by atoms with van der Waals surface area (Å²) in [7, 11) is 0. The van der Waals surface area contributed by atoms with Crippen LogP contribution < -0.4 is 5.32 Å². The summed E-state index contributed by atoms with van der Waals surface area (Å²) >= 11 is 0. The summed E-state index contributed by atoms with van der Waals surface area (Å²) in [4.78, 5) is 22.1. The number of amides is 1. The molecule has 0 unspecified atom stereocenters. The SMILES string of the molecule is CC.CCOC(=O)CC1CCC(NC(C)=O)CC1. The van der Waals surface area contributed by atoms with Crippen molar-refractivity contribution in [1.29, 1.82) is 0 Å². The van der Waals surface area contributed by atoms with Crippen LogP contribution in [0.15, 0.2) is 0 Å². The molecule has 0 aromatic carbocycles. The third-order valence-electron chi connectivity index (χ3n) is 3.01.